The number of para-hydroxylation sites is 1. The molecule has 0 saturated heterocycles. The average molecular weight is 352 g/mol. The van der Waals surface area contributed by atoms with Crippen molar-refractivity contribution >= 4 is 38.4 Å². The number of pyridine rings is 1. The van der Waals surface area contributed by atoms with Gasteiger partial charge in [-0.25, -0.2) is 4.98 Å². The molecule has 2 heterocycles. The fourth-order valence-electron chi connectivity index (χ4n) is 2.22. The normalized spacial score (nSPS) is 12.8. The lowest BCUT2D eigenvalue weighted by atomic mass is 10.1. The molecule has 0 fully saturated rings. The van der Waals surface area contributed by atoms with Gasteiger partial charge in [-0.2, -0.15) is 5.10 Å². The third-order valence-electron chi connectivity index (χ3n) is 3.23. The minimum Gasteiger partial charge on any atom is -0.318 e. The van der Waals surface area contributed by atoms with Crippen molar-refractivity contribution in [2.75, 3.05) is 0 Å². The summed E-state index contributed by atoms with van der Waals surface area (Å²) in [7, 11) is 1.82. The average Bonchev–Trinajstić information content (AvgIpc) is 2.76. The lowest BCUT2D eigenvalue weighted by Gasteiger charge is -2.15. The molecule has 0 amide bonds. The molecule has 4 nitrogen and oxygen atoms in total. The van der Waals surface area contributed by atoms with Crippen molar-refractivity contribution in [3.8, 4) is 0 Å². The Labute approximate surface area is 129 Å². The number of hydrogen-bond acceptors (Lipinski definition) is 3. The predicted octanol–water partition coefficient (Wildman–Crippen LogP) is 3.43. The van der Waals surface area contributed by atoms with Crippen LogP contribution in [-0.4, -0.2) is 14.8 Å². The van der Waals surface area contributed by atoms with Crippen LogP contribution in [0.15, 0.2) is 41.0 Å². The van der Waals surface area contributed by atoms with E-state index in [-0.39, 0.29) is 0 Å². The maximum absolute atomic E-state index is 6.32. The van der Waals surface area contributed by atoms with Gasteiger partial charge in [-0.3, -0.25) is 4.68 Å². The number of rotatable bonds is 2. The second-order valence-electron chi connectivity index (χ2n) is 4.53. The van der Waals surface area contributed by atoms with E-state index in [2.05, 4.69) is 26.0 Å². The summed E-state index contributed by atoms with van der Waals surface area (Å²) in [6.45, 7) is 0. The molecule has 0 aliphatic rings. The lowest BCUT2D eigenvalue weighted by Crippen LogP contribution is -2.18. The zero-order chi connectivity index (χ0) is 14.3. The lowest BCUT2D eigenvalue weighted by molar-refractivity contribution is 0.664. The second kappa shape index (κ2) is 5.16. The van der Waals surface area contributed by atoms with E-state index < -0.39 is 6.04 Å². The zero-order valence-corrected chi connectivity index (χ0v) is 13.1. The molecule has 2 N–H and O–H groups in total. The molecule has 20 heavy (non-hydrogen) atoms. The van der Waals surface area contributed by atoms with Crippen LogP contribution in [0.3, 0.4) is 0 Å². The van der Waals surface area contributed by atoms with E-state index >= 15 is 0 Å². The number of nitrogens with zero attached hydrogens (tertiary/aromatic N) is 3. The molecule has 0 aliphatic carbocycles. The van der Waals surface area contributed by atoms with Gasteiger partial charge in [-0.1, -0.05) is 29.8 Å². The van der Waals surface area contributed by atoms with Gasteiger partial charge in [-0.05, 0) is 28.1 Å². The fourth-order valence-corrected chi connectivity index (χ4v) is 3.09. The van der Waals surface area contributed by atoms with E-state index in [1.807, 2.05) is 37.4 Å². The number of nitrogens with two attached hydrogens (primary N) is 1. The van der Waals surface area contributed by atoms with Gasteiger partial charge < -0.3 is 5.73 Å². The van der Waals surface area contributed by atoms with Gasteiger partial charge in [0, 0.05) is 16.9 Å². The van der Waals surface area contributed by atoms with Crippen LogP contribution in [0.25, 0.3) is 10.9 Å². The maximum atomic E-state index is 6.32. The number of halogens is 2. The quantitative estimate of drug-likeness (QED) is 0.769. The monoisotopic (exact) mass is 350 g/mol. The largest absolute Gasteiger partial charge is 0.318 e. The molecule has 102 valence electrons. The summed E-state index contributed by atoms with van der Waals surface area (Å²) in [4.78, 5) is 4.64. The first-order valence-corrected chi connectivity index (χ1v) is 7.23. The second-order valence-corrected chi connectivity index (χ2v) is 5.79. The molecule has 0 saturated carbocycles. The van der Waals surface area contributed by atoms with Gasteiger partial charge in [0.15, 0.2) is 0 Å². The van der Waals surface area contributed by atoms with Crippen molar-refractivity contribution in [1.29, 1.82) is 0 Å². The third kappa shape index (κ3) is 2.22. The van der Waals surface area contributed by atoms with Crippen molar-refractivity contribution in [1.82, 2.24) is 14.8 Å². The Morgan fingerprint density at radius 1 is 1.35 bits per heavy atom. The van der Waals surface area contributed by atoms with Gasteiger partial charge in [0.1, 0.15) is 0 Å². The van der Waals surface area contributed by atoms with Crippen LogP contribution in [0.4, 0.5) is 0 Å². The number of aromatic nitrogens is 3. The molecule has 1 unspecified atom stereocenters. The molecule has 6 heteroatoms. The Balaban J connectivity index is 2.16. The summed E-state index contributed by atoms with van der Waals surface area (Å²) in [5, 5.41) is 5.72. The van der Waals surface area contributed by atoms with E-state index in [4.69, 9.17) is 17.3 Å². The summed E-state index contributed by atoms with van der Waals surface area (Å²) in [6, 6.07) is 9.49. The molecular weight excluding hydrogens is 340 g/mol. The van der Waals surface area contributed by atoms with E-state index in [1.165, 1.54) is 0 Å². The Morgan fingerprint density at radius 2 is 2.10 bits per heavy atom. The summed E-state index contributed by atoms with van der Waals surface area (Å²) < 4.78 is 2.54. The highest BCUT2D eigenvalue weighted by molar-refractivity contribution is 9.10. The van der Waals surface area contributed by atoms with Gasteiger partial charge in [0.2, 0.25) is 0 Å². The van der Waals surface area contributed by atoms with Crippen LogP contribution in [-0.2, 0) is 7.05 Å². The standard InChI is InChI=1S/C14H12BrClN4/c1-20-14(10(16)7-18-20)12(17)13-9(15)6-8-4-2-3-5-11(8)19-13/h2-7,12H,17H2,1H3. The van der Waals surface area contributed by atoms with Gasteiger partial charge >= 0.3 is 0 Å². The Morgan fingerprint density at radius 3 is 2.80 bits per heavy atom. The Hall–Kier alpha value is -1.43. The van der Waals surface area contributed by atoms with Crippen LogP contribution in [0, 0.1) is 0 Å². The topological polar surface area (TPSA) is 56.7 Å². The van der Waals surface area contributed by atoms with E-state index in [9.17, 15) is 0 Å². The molecule has 1 atom stereocenters. The van der Waals surface area contributed by atoms with Crippen molar-refractivity contribution in [3.05, 3.63) is 57.4 Å². The Kier molecular flexibility index (Phi) is 3.50. The van der Waals surface area contributed by atoms with Gasteiger partial charge in [0.25, 0.3) is 0 Å². The third-order valence-corrected chi connectivity index (χ3v) is 4.16. The smallest absolute Gasteiger partial charge is 0.0923 e. The van der Waals surface area contributed by atoms with Crippen molar-refractivity contribution < 1.29 is 0 Å². The predicted molar refractivity (Wildman–Crippen MR) is 83.7 cm³/mol. The first kappa shape index (κ1) is 13.5. The molecular formula is C14H12BrClN4. The molecule has 3 aromatic rings. The minimum absolute atomic E-state index is 0.436. The minimum atomic E-state index is -0.436. The van der Waals surface area contributed by atoms with Crippen LogP contribution in [0.2, 0.25) is 5.02 Å². The van der Waals surface area contributed by atoms with Crippen molar-refractivity contribution in [2.45, 2.75) is 6.04 Å². The van der Waals surface area contributed by atoms with E-state index in [0.29, 0.717) is 5.02 Å². The van der Waals surface area contributed by atoms with Gasteiger partial charge in [-0.15, -0.1) is 0 Å². The van der Waals surface area contributed by atoms with Crippen LogP contribution >= 0.6 is 27.5 Å². The van der Waals surface area contributed by atoms with Crippen LogP contribution in [0.5, 0.6) is 0 Å². The Bertz CT molecular complexity index is 764. The molecule has 3 rings (SSSR count). The fraction of sp³-hybridized carbons (Fsp3) is 0.143. The summed E-state index contributed by atoms with van der Waals surface area (Å²) >= 11 is 9.69. The summed E-state index contributed by atoms with van der Waals surface area (Å²) in [6.07, 6.45) is 1.59. The molecule has 1 aromatic carbocycles. The summed E-state index contributed by atoms with van der Waals surface area (Å²) in [5.41, 5.74) is 8.71. The number of aryl methyl sites for hydroxylation is 1. The number of hydrogen-bond donors (Lipinski definition) is 1. The van der Waals surface area contributed by atoms with E-state index in [0.717, 1.165) is 26.8 Å². The molecule has 0 radical (unpaired) electrons. The highest BCUT2D eigenvalue weighted by Crippen LogP contribution is 2.31. The maximum Gasteiger partial charge on any atom is 0.0923 e. The molecule has 2 aromatic heterocycles. The highest BCUT2D eigenvalue weighted by Gasteiger charge is 2.21. The van der Waals surface area contributed by atoms with Crippen LogP contribution in [0.1, 0.15) is 17.4 Å². The molecule has 0 bridgehead atoms. The van der Waals surface area contributed by atoms with Gasteiger partial charge in [0.05, 0.1) is 34.2 Å². The highest BCUT2D eigenvalue weighted by atomic mass is 79.9. The molecule has 0 spiro atoms. The molecule has 0 aliphatic heterocycles. The van der Waals surface area contributed by atoms with Crippen molar-refractivity contribution in [2.24, 2.45) is 12.8 Å². The SMILES string of the molecule is Cn1ncc(Cl)c1C(N)c1nc2ccccc2cc1Br. The van der Waals surface area contributed by atoms with E-state index in [1.54, 1.807) is 10.9 Å². The number of fused-ring (bicyclic) bond motifs is 1. The van der Waals surface area contributed by atoms with Crippen LogP contribution < -0.4 is 5.73 Å². The first-order chi connectivity index (χ1) is 9.58. The number of benzene rings is 1. The zero-order valence-electron chi connectivity index (χ0n) is 10.7. The van der Waals surface area contributed by atoms with Crippen molar-refractivity contribution in [3.63, 3.8) is 0 Å². The summed E-state index contributed by atoms with van der Waals surface area (Å²) in [5.74, 6) is 0. The first-order valence-electron chi connectivity index (χ1n) is 6.06.